The molecule has 0 aliphatic rings. The van der Waals surface area contributed by atoms with Crippen molar-refractivity contribution in [3.8, 4) is 5.88 Å². The van der Waals surface area contributed by atoms with Gasteiger partial charge in [-0.3, -0.25) is 34.4 Å². The van der Waals surface area contributed by atoms with E-state index in [9.17, 15) is 25.0 Å². The van der Waals surface area contributed by atoms with Crippen LogP contribution in [-0.2, 0) is 17.9 Å². The monoisotopic (exact) mass is 418 g/mol. The van der Waals surface area contributed by atoms with Crippen LogP contribution >= 0.6 is 0 Å². The number of hydrogen-bond acceptors (Lipinski definition) is 10. The molecule has 0 aromatic carbocycles. The Morgan fingerprint density at radius 2 is 2.10 bits per heavy atom. The van der Waals surface area contributed by atoms with Crippen LogP contribution in [0.2, 0.25) is 0 Å². The Labute approximate surface area is 166 Å². The average molecular weight is 418 g/mol. The predicted octanol–water partition coefficient (Wildman–Crippen LogP) is 0.696. The SMILES string of the molecule is COc1nn(CC(=O)N/N=C/c2ccc(Cn3cc([N+](=O)[O-])cn3)o2)cc1[N+](=O)[O-]. The number of amides is 1. The van der Waals surface area contributed by atoms with Gasteiger partial charge < -0.3 is 9.15 Å². The number of methoxy groups -OCH3 is 1. The smallest absolute Gasteiger partial charge is 0.350 e. The van der Waals surface area contributed by atoms with Gasteiger partial charge in [0.25, 0.3) is 5.91 Å². The molecule has 0 unspecified atom stereocenters. The van der Waals surface area contributed by atoms with E-state index in [2.05, 4.69) is 20.7 Å². The summed E-state index contributed by atoms with van der Waals surface area (Å²) in [4.78, 5) is 32.2. The van der Waals surface area contributed by atoms with Crippen molar-refractivity contribution >= 4 is 23.5 Å². The second-order valence-corrected chi connectivity index (χ2v) is 5.73. The summed E-state index contributed by atoms with van der Waals surface area (Å²) in [7, 11) is 1.23. The van der Waals surface area contributed by atoms with Crippen LogP contribution < -0.4 is 10.2 Å². The van der Waals surface area contributed by atoms with Gasteiger partial charge in [0, 0.05) is 0 Å². The normalized spacial score (nSPS) is 11.0. The van der Waals surface area contributed by atoms with E-state index < -0.39 is 15.8 Å². The minimum Gasteiger partial charge on any atom is -0.475 e. The molecule has 3 aromatic heterocycles. The molecule has 0 bridgehead atoms. The topological polar surface area (TPSA) is 186 Å². The van der Waals surface area contributed by atoms with Gasteiger partial charge in [0.05, 0.1) is 29.7 Å². The first-order valence-electron chi connectivity index (χ1n) is 8.19. The first-order chi connectivity index (χ1) is 14.4. The van der Waals surface area contributed by atoms with Crippen LogP contribution in [0.15, 0.2) is 40.2 Å². The van der Waals surface area contributed by atoms with Gasteiger partial charge in [-0.15, -0.1) is 5.10 Å². The van der Waals surface area contributed by atoms with Crippen molar-refractivity contribution in [3.63, 3.8) is 0 Å². The number of nitrogens with zero attached hydrogens (tertiary/aromatic N) is 7. The Morgan fingerprint density at radius 3 is 2.73 bits per heavy atom. The second-order valence-electron chi connectivity index (χ2n) is 5.73. The molecule has 3 aromatic rings. The third-order valence-corrected chi connectivity index (χ3v) is 3.62. The molecule has 0 saturated heterocycles. The van der Waals surface area contributed by atoms with Gasteiger partial charge >= 0.3 is 17.3 Å². The maximum absolute atomic E-state index is 11.9. The lowest BCUT2D eigenvalue weighted by Crippen LogP contribution is -2.23. The van der Waals surface area contributed by atoms with Crippen molar-refractivity contribution in [2.45, 2.75) is 13.1 Å². The summed E-state index contributed by atoms with van der Waals surface area (Å²) in [6.07, 6.45) is 4.72. The lowest BCUT2D eigenvalue weighted by Gasteiger charge is -1.99. The minimum atomic E-state index is -0.672. The largest absolute Gasteiger partial charge is 0.475 e. The molecule has 0 fully saturated rings. The Kier molecular flexibility index (Phi) is 5.81. The molecular formula is C15H14N8O7. The van der Waals surface area contributed by atoms with Crippen molar-refractivity contribution in [3.05, 3.63) is 62.5 Å². The summed E-state index contributed by atoms with van der Waals surface area (Å²) in [5, 5.41) is 32.9. The molecule has 156 valence electrons. The van der Waals surface area contributed by atoms with Crippen molar-refractivity contribution in [1.82, 2.24) is 25.0 Å². The molecule has 30 heavy (non-hydrogen) atoms. The van der Waals surface area contributed by atoms with E-state index in [1.165, 1.54) is 24.2 Å². The standard InChI is InChI=1S/C15H14N8O7/c1-29-15-13(23(27)28)8-21(19-15)9-14(24)18-16-5-11-2-3-12(30-11)7-20-6-10(4-17-20)22(25)26/h2-6,8H,7,9H2,1H3,(H,18,24)/b16-5+. The highest BCUT2D eigenvalue weighted by molar-refractivity contribution is 5.80. The molecule has 0 radical (unpaired) electrons. The van der Waals surface area contributed by atoms with Gasteiger partial charge in [-0.25, -0.2) is 5.43 Å². The summed E-state index contributed by atoms with van der Waals surface area (Å²) in [5.41, 5.74) is 1.74. The second kappa shape index (κ2) is 8.63. The molecule has 15 heteroatoms. The van der Waals surface area contributed by atoms with E-state index in [0.29, 0.717) is 11.5 Å². The summed E-state index contributed by atoms with van der Waals surface area (Å²) in [6.45, 7) is -0.142. The fourth-order valence-electron chi connectivity index (χ4n) is 2.34. The minimum absolute atomic E-state index is 0.133. The van der Waals surface area contributed by atoms with Gasteiger partial charge in [0.15, 0.2) is 0 Å². The van der Waals surface area contributed by atoms with Crippen LogP contribution in [0.3, 0.4) is 0 Å². The summed E-state index contributed by atoms with van der Waals surface area (Å²) >= 11 is 0. The quantitative estimate of drug-likeness (QED) is 0.296. The number of furan rings is 1. The maximum atomic E-state index is 11.9. The number of carbonyl (C=O) groups is 1. The lowest BCUT2D eigenvalue weighted by molar-refractivity contribution is -0.385. The fourth-order valence-corrected chi connectivity index (χ4v) is 2.34. The van der Waals surface area contributed by atoms with E-state index in [1.54, 1.807) is 12.1 Å². The van der Waals surface area contributed by atoms with Crippen molar-refractivity contribution in [2.24, 2.45) is 5.10 Å². The molecule has 15 nitrogen and oxygen atoms in total. The lowest BCUT2D eigenvalue weighted by atomic mass is 10.4. The van der Waals surface area contributed by atoms with Crippen molar-refractivity contribution in [2.75, 3.05) is 7.11 Å². The molecule has 3 rings (SSSR count). The molecule has 0 aliphatic carbocycles. The summed E-state index contributed by atoms with van der Waals surface area (Å²) in [6, 6.07) is 3.22. The fraction of sp³-hybridized carbons (Fsp3) is 0.200. The summed E-state index contributed by atoms with van der Waals surface area (Å²) in [5.74, 6) is 0.00364. The molecule has 0 atom stereocenters. The third-order valence-electron chi connectivity index (χ3n) is 3.62. The Bertz CT molecular complexity index is 1110. The van der Waals surface area contributed by atoms with Crippen LogP contribution in [-0.4, -0.2) is 48.6 Å². The zero-order chi connectivity index (χ0) is 21.7. The van der Waals surface area contributed by atoms with Gasteiger partial charge in [-0.05, 0) is 12.1 Å². The van der Waals surface area contributed by atoms with Gasteiger partial charge in [-0.1, -0.05) is 0 Å². The van der Waals surface area contributed by atoms with E-state index in [4.69, 9.17) is 9.15 Å². The Hall–Kier alpha value is -4.56. The van der Waals surface area contributed by atoms with Crippen LogP contribution in [0.25, 0.3) is 0 Å². The Balaban J connectivity index is 1.53. The van der Waals surface area contributed by atoms with Crippen LogP contribution in [0, 0.1) is 20.2 Å². The molecule has 1 N–H and O–H groups in total. The number of hydrazone groups is 1. The number of hydrogen-bond donors (Lipinski definition) is 1. The highest BCUT2D eigenvalue weighted by Gasteiger charge is 2.21. The number of rotatable bonds is 9. The average Bonchev–Trinajstić information content (AvgIpc) is 3.42. The van der Waals surface area contributed by atoms with Gasteiger partial charge in [0.1, 0.15) is 36.7 Å². The number of carbonyl (C=O) groups excluding carboxylic acids is 1. The number of nitro groups is 2. The van der Waals surface area contributed by atoms with E-state index in [1.807, 2.05) is 0 Å². The highest BCUT2D eigenvalue weighted by atomic mass is 16.6. The molecule has 1 amide bonds. The molecule has 0 aliphatic heterocycles. The first kappa shape index (κ1) is 20.2. The van der Waals surface area contributed by atoms with Crippen LogP contribution in [0.5, 0.6) is 5.88 Å². The number of nitrogens with one attached hydrogen (secondary N) is 1. The zero-order valence-corrected chi connectivity index (χ0v) is 15.4. The van der Waals surface area contributed by atoms with Gasteiger partial charge in [-0.2, -0.15) is 10.2 Å². The van der Waals surface area contributed by atoms with E-state index in [-0.39, 0.29) is 30.3 Å². The molecule has 0 spiro atoms. The first-order valence-corrected chi connectivity index (χ1v) is 8.19. The Morgan fingerprint density at radius 1 is 1.30 bits per heavy atom. The number of aromatic nitrogens is 4. The van der Waals surface area contributed by atoms with Crippen molar-refractivity contribution < 1.29 is 23.8 Å². The highest BCUT2D eigenvalue weighted by Crippen LogP contribution is 2.23. The van der Waals surface area contributed by atoms with Gasteiger partial charge in [0.2, 0.25) is 0 Å². The molecule has 3 heterocycles. The predicted molar refractivity (Wildman–Crippen MR) is 97.9 cm³/mol. The van der Waals surface area contributed by atoms with Crippen LogP contribution in [0.4, 0.5) is 11.4 Å². The molecular weight excluding hydrogens is 404 g/mol. The zero-order valence-electron chi connectivity index (χ0n) is 15.4. The molecule has 0 saturated carbocycles. The van der Waals surface area contributed by atoms with E-state index in [0.717, 1.165) is 17.1 Å². The maximum Gasteiger partial charge on any atom is 0.350 e. The van der Waals surface area contributed by atoms with E-state index >= 15 is 0 Å². The third kappa shape index (κ3) is 4.83. The number of ether oxygens (including phenoxy) is 1. The van der Waals surface area contributed by atoms with Crippen molar-refractivity contribution in [1.29, 1.82) is 0 Å². The van der Waals surface area contributed by atoms with Crippen LogP contribution in [0.1, 0.15) is 11.5 Å². The summed E-state index contributed by atoms with van der Waals surface area (Å²) < 4.78 is 12.7.